The van der Waals surface area contributed by atoms with Crippen LogP contribution in [-0.2, 0) is 6.54 Å². The van der Waals surface area contributed by atoms with E-state index in [9.17, 15) is 14.0 Å². The molecule has 0 aliphatic carbocycles. The number of halogens is 1. The van der Waals surface area contributed by atoms with Gasteiger partial charge >= 0.3 is 6.03 Å². The first-order chi connectivity index (χ1) is 17.1. The third-order valence-electron chi connectivity index (χ3n) is 5.90. The number of carbonyl (C=O) groups excluding carboxylic acids is 2. The Balaban J connectivity index is 1.22. The van der Waals surface area contributed by atoms with Crippen LogP contribution >= 0.6 is 0 Å². The summed E-state index contributed by atoms with van der Waals surface area (Å²) in [5.41, 5.74) is 2.51. The van der Waals surface area contributed by atoms with Gasteiger partial charge in [0.25, 0.3) is 5.91 Å². The van der Waals surface area contributed by atoms with E-state index >= 15 is 0 Å². The van der Waals surface area contributed by atoms with Crippen molar-refractivity contribution in [2.75, 3.05) is 36.4 Å². The van der Waals surface area contributed by atoms with Crippen molar-refractivity contribution >= 4 is 34.5 Å². The fourth-order valence-corrected chi connectivity index (χ4v) is 4.03. The lowest BCUT2D eigenvalue weighted by Gasteiger charge is -2.35. The molecule has 0 atom stereocenters. The van der Waals surface area contributed by atoms with Crippen molar-refractivity contribution in [3.05, 3.63) is 84.1 Å². The molecule has 1 fully saturated rings. The summed E-state index contributed by atoms with van der Waals surface area (Å²) in [5.74, 6) is 0.153. The first-order valence-electron chi connectivity index (χ1n) is 11.3. The number of amides is 3. The number of H-pyrrole nitrogens is 1. The number of hydrogen-bond donors (Lipinski definition) is 3. The highest BCUT2D eigenvalue weighted by Crippen LogP contribution is 2.25. The van der Waals surface area contributed by atoms with Crippen LogP contribution in [0.5, 0.6) is 0 Å². The van der Waals surface area contributed by atoms with Crippen LogP contribution in [0.1, 0.15) is 16.1 Å². The molecule has 2 aromatic carbocycles. The van der Waals surface area contributed by atoms with Gasteiger partial charge in [-0.25, -0.2) is 19.2 Å². The number of aromatic amines is 1. The average Bonchev–Trinajstić information content (AvgIpc) is 3.34. The maximum Gasteiger partial charge on any atom is 0.317 e. The molecule has 0 radical (unpaired) electrons. The van der Waals surface area contributed by atoms with E-state index in [1.54, 1.807) is 23.1 Å². The molecule has 9 nitrogen and oxygen atoms in total. The van der Waals surface area contributed by atoms with E-state index in [0.29, 0.717) is 49.8 Å². The second kappa shape index (κ2) is 9.80. The average molecular weight is 474 g/mol. The first-order valence-corrected chi connectivity index (χ1v) is 11.3. The monoisotopic (exact) mass is 473 g/mol. The number of rotatable bonds is 5. The van der Waals surface area contributed by atoms with Crippen molar-refractivity contribution < 1.29 is 14.0 Å². The number of aromatic nitrogens is 3. The summed E-state index contributed by atoms with van der Waals surface area (Å²) in [5, 5.41) is 6.49. The van der Waals surface area contributed by atoms with Gasteiger partial charge in [-0.3, -0.25) is 4.79 Å². The van der Waals surface area contributed by atoms with Gasteiger partial charge in [-0.05, 0) is 35.9 Å². The normalized spacial score (nSPS) is 13.6. The number of anilines is 2. The third-order valence-corrected chi connectivity index (χ3v) is 5.90. The van der Waals surface area contributed by atoms with Gasteiger partial charge in [-0.15, -0.1) is 0 Å². The van der Waals surface area contributed by atoms with Crippen LogP contribution in [0.15, 0.2) is 67.0 Å². The Bertz CT molecular complexity index is 1330. The minimum atomic E-state index is -0.304. The van der Waals surface area contributed by atoms with Crippen LogP contribution in [0.4, 0.5) is 20.7 Å². The van der Waals surface area contributed by atoms with Crippen molar-refractivity contribution in [1.29, 1.82) is 0 Å². The van der Waals surface area contributed by atoms with Gasteiger partial charge in [0.05, 0.1) is 5.39 Å². The van der Waals surface area contributed by atoms with E-state index < -0.39 is 0 Å². The summed E-state index contributed by atoms with van der Waals surface area (Å²) < 4.78 is 13.0. The van der Waals surface area contributed by atoms with E-state index in [4.69, 9.17) is 0 Å². The number of hydrogen-bond acceptors (Lipinski definition) is 5. The minimum absolute atomic E-state index is 0.164. The number of benzene rings is 2. The van der Waals surface area contributed by atoms with Gasteiger partial charge in [-0.2, -0.15) is 0 Å². The molecule has 4 aromatic rings. The standard InChI is InChI=1S/C25H24FN7O2/c26-18-8-6-17(7-9-18)15-27-25(35)33-12-10-32(11-13-33)23-20-14-21(31-22(20)28-16-29-23)24(34)30-19-4-2-1-3-5-19/h1-9,14,16H,10-13,15H2,(H,27,35)(H,30,34)(H,28,29,31). The van der Waals surface area contributed by atoms with E-state index in [1.807, 2.05) is 30.3 Å². The Hall–Kier alpha value is -4.47. The maximum absolute atomic E-state index is 13.0. The number of nitrogens with one attached hydrogen (secondary N) is 3. The Morgan fingerprint density at radius 3 is 2.46 bits per heavy atom. The molecule has 0 spiro atoms. The Morgan fingerprint density at radius 1 is 0.971 bits per heavy atom. The lowest BCUT2D eigenvalue weighted by Crippen LogP contribution is -2.52. The van der Waals surface area contributed by atoms with Gasteiger partial charge in [0.1, 0.15) is 29.3 Å². The highest BCUT2D eigenvalue weighted by molar-refractivity contribution is 6.06. The first kappa shape index (κ1) is 22.3. The SMILES string of the molecule is O=C(Nc1ccccc1)c1cc2c(N3CCN(C(=O)NCc4ccc(F)cc4)CC3)ncnc2[nH]1. The Morgan fingerprint density at radius 2 is 1.71 bits per heavy atom. The van der Waals surface area contributed by atoms with E-state index in [0.717, 1.165) is 16.8 Å². The predicted molar refractivity (Wildman–Crippen MR) is 131 cm³/mol. The van der Waals surface area contributed by atoms with Crippen LogP contribution < -0.4 is 15.5 Å². The zero-order chi connectivity index (χ0) is 24.2. The van der Waals surface area contributed by atoms with Crippen molar-refractivity contribution in [2.24, 2.45) is 0 Å². The number of carbonyl (C=O) groups is 2. The molecule has 3 heterocycles. The second-order valence-corrected chi connectivity index (χ2v) is 8.22. The number of nitrogens with zero attached hydrogens (tertiary/aromatic N) is 4. The summed E-state index contributed by atoms with van der Waals surface area (Å²) in [6.07, 6.45) is 1.47. The third kappa shape index (κ3) is 5.06. The number of urea groups is 1. The molecule has 0 saturated carbocycles. The highest BCUT2D eigenvalue weighted by atomic mass is 19.1. The number of fused-ring (bicyclic) bond motifs is 1. The Labute approximate surface area is 201 Å². The molecular weight excluding hydrogens is 449 g/mol. The van der Waals surface area contributed by atoms with Crippen molar-refractivity contribution in [3.8, 4) is 0 Å². The van der Waals surface area contributed by atoms with Crippen LogP contribution in [0.2, 0.25) is 0 Å². The molecule has 10 heteroatoms. The maximum atomic E-state index is 13.0. The predicted octanol–water partition coefficient (Wildman–Crippen LogP) is 3.38. The van der Waals surface area contributed by atoms with Crippen LogP contribution in [-0.4, -0.2) is 58.0 Å². The van der Waals surface area contributed by atoms with Gasteiger partial charge in [-0.1, -0.05) is 30.3 Å². The summed E-state index contributed by atoms with van der Waals surface area (Å²) in [6, 6.07) is 16.9. The molecule has 35 heavy (non-hydrogen) atoms. The number of para-hydroxylation sites is 1. The molecule has 178 valence electrons. The van der Waals surface area contributed by atoms with Gasteiger partial charge in [0.15, 0.2) is 0 Å². The van der Waals surface area contributed by atoms with Crippen LogP contribution in [0.3, 0.4) is 0 Å². The van der Waals surface area contributed by atoms with E-state index in [2.05, 4.69) is 30.5 Å². The highest BCUT2D eigenvalue weighted by Gasteiger charge is 2.24. The fourth-order valence-electron chi connectivity index (χ4n) is 4.03. The molecule has 3 amide bonds. The number of piperazine rings is 1. The lowest BCUT2D eigenvalue weighted by atomic mass is 10.2. The zero-order valence-corrected chi connectivity index (χ0v) is 18.9. The molecule has 1 aliphatic heterocycles. The summed E-state index contributed by atoms with van der Waals surface area (Å²) in [4.78, 5) is 40.9. The summed E-state index contributed by atoms with van der Waals surface area (Å²) in [6.45, 7) is 2.56. The quantitative estimate of drug-likeness (QED) is 0.412. The molecule has 5 rings (SSSR count). The molecule has 0 unspecified atom stereocenters. The molecular formula is C25H24FN7O2. The van der Waals surface area contributed by atoms with E-state index in [-0.39, 0.29) is 17.8 Å². The summed E-state index contributed by atoms with van der Waals surface area (Å²) >= 11 is 0. The van der Waals surface area contributed by atoms with Crippen LogP contribution in [0.25, 0.3) is 11.0 Å². The van der Waals surface area contributed by atoms with Crippen molar-refractivity contribution in [2.45, 2.75) is 6.54 Å². The lowest BCUT2D eigenvalue weighted by molar-refractivity contribution is 0.102. The second-order valence-electron chi connectivity index (χ2n) is 8.22. The van der Waals surface area contributed by atoms with Crippen molar-refractivity contribution in [3.63, 3.8) is 0 Å². The van der Waals surface area contributed by atoms with Crippen molar-refractivity contribution in [1.82, 2.24) is 25.2 Å². The fraction of sp³-hybridized carbons (Fsp3) is 0.200. The van der Waals surface area contributed by atoms with Gasteiger partial charge < -0.3 is 25.4 Å². The molecule has 0 bridgehead atoms. The molecule has 1 saturated heterocycles. The van der Waals surface area contributed by atoms with E-state index in [1.165, 1.54) is 18.5 Å². The molecule has 2 aromatic heterocycles. The molecule has 3 N–H and O–H groups in total. The smallest absolute Gasteiger partial charge is 0.317 e. The largest absolute Gasteiger partial charge is 0.352 e. The Kier molecular flexibility index (Phi) is 6.25. The summed E-state index contributed by atoms with van der Waals surface area (Å²) in [7, 11) is 0. The van der Waals surface area contributed by atoms with Crippen LogP contribution in [0, 0.1) is 5.82 Å². The topological polar surface area (TPSA) is 106 Å². The van der Waals surface area contributed by atoms with Gasteiger partial charge in [0, 0.05) is 38.4 Å². The minimum Gasteiger partial charge on any atom is -0.352 e. The van der Waals surface area contributed by atoms with Gasteiger partial charge in [0.2, 0.25) is 0 Å². The zero-order valence-electron chi connectivity index (χ0n) is 18.9. The molecule has 1 aliphatic rings.